The van der Waals surface area contributed by atoms with Crippen molar-refractivity contribution in [2.45, 2.75) is 18.9 Å². The van der Waals surface area contributed by atoms with Crippen LogP contribution in [0.15, 0.2) is 48.5 Å². The molecule has 0 aromatic heterocycles. The summed E-state index contributed by atoms with van der Waals surface area (Å²) < 4.78 is 13.1. The van der Waals surface area contributed by atoms with Crippen molar-refractivity contribution in [1.29, 1.82) is 0 Å². The van der Waals surface area contributed by atoms with Crippen LogP contribution in [0.1, 0.15) is 23.6 Å². The molecule has 0 radical (unpaired) electrons. The molecule has 0 fully saturated rings. The van der Waals surface area contributed by atoms with Crippen LogP contribution in [0.4, 0.5) is 4.39 Å². The maximum Gasteiger partial charge on any atom is 0.241 e. The van der Waals surface area contributed by atoms with Gasteiger partial charge in [0.05, 0.1) is 0 Å². The van der Waals surface area contributed by atoms with Gasteiger partial charge in [0.15, 0.2) is 0 Å². The number of phenolic OH excluding ortho intramolecular Hbond substituents is 1. The van der Waals surface area contributed by atoms with Crippen molar-refractivity contribution >= 4 is 5.91 Å². The summed E-state index contributed by atoms with van der Waals surface area (Å²) in [4.78, 5) is 14.3. The maximum absolute atomic E-state index is 13.1. The molecule has 0 aliphatic rings. The first-order valence-electron chi connectivity index (χ1n) is 7.95. The summed E-state index contributed by atoms with van der Waals surface area (Å²) in [7, 11) is 3.65. The molecule has 2 aromatic carbocycles. The van der Waals surface area contributed by atoms with E-state index in [9.17, 15) is 14.3 Å². The van der Waals surface area contributed by atoms with Gasteiger partial charge in [0.25, 0.3) is 0 Å². The molecule has 1 unspecified atom stereocenters. The molecule has 0 heterocycles. The van der Waals surface area contributed by atoms with E-state index in [1.165, 1.54) is 12.1 Å². The Kier molecular flexibility index (Phi) is 6.32. The van der Waals surface area contributed by atoms with Crippen LogP contribution in [-0.4, -0.2) is 36.6 Å². The molecular weight excluding hydrogens is 307 g/mol. The molecule has 1 atom stereocenters. The topological polar surface area (TPSA) is 52.6 Å². The standard InChI is InChI=1S/C19H23FN2O2/c1-22(2)18(15-7-9-16(20)10-8-15)19(24)21-13-3-4-14-5-11-17(23)12-6-14/h5-12,18,23H,3-4,13H2,1-2H3,(H,21,24). The summed E-state index contributed by atoms with van der Waals surface area (Å²) in [6.45, 7) is 0.561. The zero-order valence-corrected chi connectivity index (χ0v) is 14.0. The molecule has 0 aliphatic carbocycles. The monoisotopic (exact) mass is 330 g/mol. The lowest BCUT2D eigenvalue weighted by molar-refractivity contribution is -0.125. The first-order chi connectivity index (χ1) is 11.5. The van der Waals surface area contributed by atoms with Crippen LogP contribution in [0.25, 0.3) is 0 Å². The molecule has 1 amide bonds. The zero-order chi connectivity index (χ0) is 17.5. The second-order valence-corrected chi connectivity index (χ2v) is 5.98. The van der Waals surface area contributed by atoms with E-state index >= 15 is 0 Å². The Labute approximate surface area is 141 Å². The van der Waals surface area contributed by atoms with Crippen LogP contribution in [0.2, 0.25) is 0 Å². The second kappa shape index (κ2) is 8.45. The van der Waals surface area contributed by atoms with E-state index in [0.29, 0.717) is 6.54 Å². The summed E-state index contributed by atoms with van der Waals surface area (Å²) >= 11 is 0. The Morgan fingerprint density at radius 3 is 2.33 bits per heavy atom. The van der Waals surface area contributed by atoms with E-state index in [4.69, 9.17) is 0 Å². The van der Waals surface area contributed by atoms with Crippen LogP contribution in [0, 0.1) is 5.82 Å². The van der Waals surface area contributed by atoms with Crippen LogP contribution in [0.3, 0.4) is 0 Å². The van der Waals surface area contributed by atoms with Crippen molar-refractivity contribution in [3.63, 3.8) is 0 Å². The number of halogens is 1. The Morgan fingerprint density at radius 1 is 1.12 bits per heavy atom. The number of rotatable bonds is 7. The first-order valence-corrected chi connectivity index (χ1v) is 7.95. The number of aromatic hydroxyl groups is 1. The van der Waals surface area contributed by atoms with E-state index in [1.807, 2.05) is 31.1 Å². The molecular formula is C19H23FN2O2. The molecule has 0 spiro atoms. The van der Waals surface area contributed by atoms with E-state index in [1.54, 1.807) is 24.3 Å². The van der Waals surface area contributed by atoms with Crippen molar-refractivity contribution in [2.24, 2.45) is 0 Å². The van der Waals surface area contributed by atoms with Gasteiger partial charge in [-0.25, -0.2) is 4.39 Å². The largest absolute Gasteiger partial charge is 0.508 e. The zero-order valence-electron chi connectivity index (χ0n) is 14.0. The molecule has 0 saturated carbocycles. The minimum Gasteiger partial charge on any atom is -0.508 e. The lowest BCUT2D eigenvalue weighted by atomic mass is 10.0. The summed E-state index contributed by atoms with van der Waals surface area (Å²) in [6.07, 6.45) is 1.63. The van der Waals surface area contributed by atoms with Gasteiger partial charge in [0.1, 0.15) is 17.6 Å². The average molecular weight is 330 g/mol. The van der Waals surface area contributed by atoms with Gasteiger partial charge >= 0.3 is 0 Å². The number of amides is 1. The molecule has 5 heteroatoms. The third-order valence-corrected chi connectivity index (χ3v) is 3.83. The molecule has 0 aliphatic heterocycles. The Bertz CT molecular complexity index is 654. The smallest absolute Gasteiger partial charge is 0.241 e. The predicted molar refractivity (Wildman–Crippen MR) is 92.3 cm³/mol. The van der Waals surface area contributed by atoms with Crippen LogP contribution in [0.5, 0.6) is 5.75 Å². The van der Waals surface area contributed by atoms with E-state index in [0.717, 1.165) is 24.0 Å². The molecule has 128 valence electrons. The highest BCUT2D eigenvalue weighted by Crippen LogP contribution is 2.19. The van der Waals surface area contributed by atoms with E-state index in [2.05, 4.69) is 5.32 Å². The fraction of sp³-hybridized carbons (Fsp3) is 0.316. The van der Waals surface area contributed by atoms with Crippen LogP contribution < -0.4 is 5.32 Å². The quantitative estimate of drug-likeness (QED) is 0.768. The van der Waals surface area contributed by atoms with Crippen molar-refractivity contribution in [3.05, 3.63) is 65.5 Å². The van der Waals surface area contributed by atoms with E-state index < -0.39 is 6.04 Å². The number of hydrogen-bond acceptors (Lipinski definition) is 3. The lowest BCUT2D eigenvalue weighted by Crippen LogP contribution is -2.37. The first kappa shape index (κ1) is 17.9. The molecule has 2 rings (SSSR count). The lowest BCUT2D eigenvalue weighted by Gasteiger charge is -2.23. The van der Waals surface area contributed by atoms with Crippen LogP contribution in [-0.2, 0) is 11.2 Å². The molecule has 2 N–H and O–H groups in total. The summed E-state index contributed by atoms with van der Waals surface area (Å²) in [5, 5.41) is 12.2. The van der Waals surface area contributed by atoms with Crippen molar-refractivity contribution in [1.82, 2.24) is 10.2 Å². The van der Waals surface area contributed by atoms with Crippen LogP contribution >= 0.6 is 0 Å². The third kappa shape index (κ3) is 5.06. The van der Waals surface area contributed by atoms with Gasteiger partial charge in [-0.1, -0.05) is 24.3 Å². The highest BCUT2D eigenvalue weighted by molar-refractivity contribution is 5.83. The number of nitrogens with zero attached hydrogens (tertiary/aromatic N) is 1. The van der Waals surface area contributed by atoms with Gasteiger partial charge in [0, 0.05) is 6.54 Å². The van der Waals surface area contributed by atoms with Gasteiger partial charge in [-0.2, -0.15) is 0 Å². The molecule has 0 bridgehead atoms. The summed E-state index contributed by atoms with van der Waals surface area (Å²) in [5.41, 5.74) is 1.88. The second-order valence-electron chi connectivity index (χ2n) is 5.98. The van der Waals surface area contributed by atoms with Crippen molar-refractivity contribution < 1.29 is 14.3 Å². The summed E-state index contributed by atoms with van der Waals surface area (Å²) in [5.74, 6) is -0.164. The average Bonchev–Trinajstić information content (AvgIpc) is 2.55. The number of likely N-dealkylation sites (N-methyl/N-ethyl adjacent to an activating group) is 1. The minimum atomic E-state index is -0.445. The molecule has 0 saturated heterocycles. The highest BCUT2D eigenvalue weighted by Gasteiger charge is 2.22. The predicted octanol–water partition coefficient (Wildman–Crippen LogP) is 2.88. The highest BCUT2D eigenvalue weighted by atomic mass is 19.1. The molecule has 2 aromatic rings. The van der Waals surface area contributed by atoms with Gasteiger partial charge in [0.2, 0.25) is 5.91 Å². The number of hydrogen-bond donors (Lipinski definition) is 2. The number of benzene rings is 2. The number of carbonyl (C=O) groups excluding carboxylic acids is 1. The minimum absolute atomic E-state index is 0.0997. The SMILES string of the molecule is CN(C)C(C(=O)NCCCc1ccc(O)cc1)c1ccc(F)cc1. The normalized spacial score (nSPS) is 12.2. The molecule has 4 nitrogen and oxygen atoms in total. The number of carbonyl (C=O) groups is 1. The Balaban J connectivity index is 1.86. The Morgan fingerprint density at radius 2 is 1.75 bits per heavy atom. The number of aryl methyl sites for hydroxylation is 1. The Hall–Kier alpha value is -2.40. The fourth-order valence-electron chi connectivity index (χ4n) is 2.59. The summed E-state index contributed by atoms with van der Waals surface area (Å²) in [6, 6.07) is 12.6. The fourth-order valence-corrected chi connectivity index (χ4v) is 2.59. The maximum atomic E-state index is 13.1. The van der Waals surface area contributed by atoms with Gasteiger partial charge < -0.3 is 10.4 Å². The number of nitrogens with one attached hydrogen (secondary N) is 1. The van der Waals surface area contributed by atoms with Crippen molar-refractivity contribution in [2.75, 3.05) is 20.6 Å². The van der Waals surface area contributed by atoms with Gasteiger partial charge in [-0.3, -0.25) is 9.69 Å². The number of phenols is 1. The molecule has 24 heavy (non-hydrogen) atoms. The van der Waals surface area contributed by atoms with E-state index in [-0.39, 0.29) is 17.5 Å². The van der Waals surface area contributed by atoms with Gasteiger partial charge in [-0.05, 0) is 62.3 Å². The third-order valence-electron chi connectivity index (χ3n) is 3.83. The van der Waals surface area contributed by atoms with Gasteiger partial charge in [-0.15, -0.1) is 0 Å². The van der Waals surface area contributed by atoms with Crippen molar-refractivity contribution in [3.8, 4) is 5.75 Å².